The Morgan fingerprint density at radius 2 is 1.09 bits per heavy atom. The van der Waals surface area contributed by atoms with Crippen molar-refractivity contribution >= 4 is 23.4 Å². The molecule has 4 rings (SSSR count). The molecule has 0 aliphatic heterocycles. The SMILES string of the molecule is NCCCCC(NC(=O)c1cccnc1F)C(=O)COc1c(F)cccc1F.NCCCCC(NC(=O)c1ccnc(F)c1)C(=O)COc1c(F)cccc1F. The summed E-state index contributed by atoms with van der Waals surface area (Å²) in [5.74, 6) is -9.64. The molecule has 6 N–H and O–H groups in total. The summed E-state index contributed by atoms with van der Waals surface area (Å²) < 4.78 is 91.3. The van der Waals surface area contributed by atoms with Crippen LogP contribution in [-0.2, 0) is 9.59 Å². The highest BCUT2D eigenvalue weighted by molar-refractivity contribution is 5.99. The van der Waals surface area contributed by atoms with Gasteiger partial charge in [0.2, 0.25) is 11.9 Å². The second kappa shape index (κ2) is 23.1. The molecule has 0 spiro atoms. The molecule has 2 atom stereocenters. The molecule has 0 bridgehead atoms. The van der Waals surface area contributed by atoms with Crippen LogP contribution in [0.3, 0.4) is 0 Å². The van der Waals surface area contributed by atoms with Crippen molar-refractivity contribution in [2.24, 2.45) is 11.5 Å². The van der Waals surface area contributed by atoms with Crippen LogP contribution in [0, 0.1) is 35.2 Å². The maximum absolute atomic E-state index is 13.7. The monoisotopic (exact) mass is 790 g/mol. The number of ether oxygens (including phenoxy) is 2. The Labute approximate surface area is 318 Å². The van der Waals surface area contributed by atoms with E-state index in [4.69, 9.17) is 20.9 Å². The van der Waals surface area contributed by atoms with E-state index in [0.717, 1.165) is 42.6 Å². The number of rotatable bonds is 20. The number of nitrogens with zero attached hydrogens (tertiary/aromatic N) is 2. The fourth-order valence-electron chi connectivity index (χ4n) is 4.92. The number of halogens is 6. The smallest absolute Gasteiger partial charge is 0.256 e. The summed E-state index contributed by atoms with van der Waals surface area (Å²) in [5, 5.41) is 4.91. The molecule has 0 aliphatic rings. The van der Waals surface area contributed by atoms with Gasteiger partial charge in [-0.1, -0.05) is 12.1 Å². The zero-order valence-corrected chi connectivity index (χ0v) is 29.9. The van der Waals surface area contributed by atoms with Crippen LogP contribution >= 0.6 is 0 Å². The summed E-state index contributed by atoms with van der Waals surface area (Å²) in [6, 6.07) is 9.15. The summed E-state index contributed by atoms with van der Waals surface area (Å²) in [5.41, 5.74) is 10.5. The molecule has 0 saturated heterocycles. The number of amides is 2. The quantitative estimate of drug-likeness (QED) is 0.0553. The van der Waals surface area contributed by atoms with Crippen LogP contribution in [0.2, 0.25) is 0 Å². The van der Waals surface area contributed by atoms with Crippen LogP contribution in [-0.4, -0.2) is 71.7 Å². The van der Waals surface area contributed by atoms with Crippen LogP contribution in [0.15, 0.2) is 73.1 Å². The molecule has 2 amide bonds. The van der Waals surface area contributed by atoms with Crippen molar-refractivity contribution in [2.75, 3.05) is 26.3 Å². The number of hydrogen-bond donors (Lipinski definition) is 4. The van der Waals surface area contributed by atoms with E-state index >= 15 is 0 Å². The first-order chi connectivity index (χ1) is 26.9. The van der Waals surface area contributed by atoms with Gasteiger partial charge in [-0.15, -0.1) is 0 Å². The molecule has 0 fully saturated rings. The minimum Gasteiger partial charge on any atom is -0.480 e. The van der Waals surface area contributed by atoms with Gasteiger partial charge in [0.25, 0.3) is 11.8 Å². The Morgan fingerprint density at radius 3 is 1.54 bits per heavy atom. The van der Waals surface area contributed by atoms with E-state index in [9.17, 15) is 45.5 Å². The topological polar surface area (TPSA) is 189 Å². The van der Waals surface area contributed by atoms with Crippen LogP contribution in [0.1, 0.15) is 59.2 Å². The fourth-order valence-corrected chi connectivity index (χ4v) is 4.92. The van der Waals surface area contributed by atoms with Crippen molar-refractivity contribution in [3.05, 3.63) is 119 Å². The molecule has 2 unspecified atom stereocenters. The molecule has 0 radical (unpaired) electrons. The Hall–Kier alpha value is -5.88. The summed E-state index contributed by atoms with van der Waals surface area (Å²) in [4.78, 5) is 56.2. The number of carbonyl (C=O) groups is 4. The maximum Gasteiger partial charge on any atom is 0.256 e. The van der Waals surface area contributed by atoms with Gasteiger partial charge in [0, 0.05) is 24.0 Å². The van der Waals surface area contributed by atoms with Gasteiger partial charge >= 0.3 is 0 Å². The summed E-state index contributed by atoms with van der Waals surface area (Å²) in [6.45, 7) is -0.512. The maximum atomic E-state index is 13.7. The van der Waals surface area contributed by atoms with Gasteiger partial charge in [0.15, 0.2) is 46.3 Å². The Kier molecular flexibility index (Phi) is 18.4. The summed E-state index contributed by atoms with van der Waals surface area (Å²) >= 11 is 0. The van der Waals surface area contributed by atoms with E-state index in [1.54, 1.807) is 0 Å². The van der Waals surface area contributed by atoms with Crippen molar-refractivity contribution in [2.45, 2.75) is 50.6 Å². The molecule has 0 aliphatic carbocycles. The average Bonchev–Trinajstić information content (AvgIpc) is 3.17. The first-order valence-corrected chi connectivity index (χ1v) is 17.3. The van der Waals surface area contributed by atoms with Crippen molar-refractivity contribution in [3.8, 4) is 11.5 Å². The second-order valence-corrected chi connectivity index (χ2v) is 11.9. The normalized spacial score (nSPS) is 11.7. The lowest BCUT2D eigenvalue weighted by Gasteiger charge is -2.18. The highest BCUT2D eigenvalue weighted by Crippen LogP contribution is 2.22. The zero-order valence-electron chi connectivity index (χ0n) is 29.9. The molecule has 2 heterocycles. The molecular formula is C38H40F6N6O6. The molecule has 4 aromatic rings. The highest BCUT2D eigenvalue weighted by atomic mass is 19.2. The number of unbranched alkanes of at least 4 members (excludes halogenated alkanes) is 2. The third-order valence-corrected chi connectivity index (χ3v) is 7.83. The van der Waals surface area contributed by atoms with Crippen LogP contribution < -0.4 is 31.6 Å². The van der Waals surface area contributed by atoms with Crippen LogP contribution in [0.5, 0.6) is 11.5 Å². The standard InChI is InChI=1S/2C19H20F3N3O3/c20-13-6-3-7-14(21)17(13)28-11-16(26)15(8-1-2-9-23)25-19(27)12-5-4-10-24-18(12)22;20-13-4-3-5-14(21)18(13)28-11-16(26)15(6-1-2-8-23)25-19(27)12-7-9-24-17(22)10-12/h3-7,10,15H,1-2,8-9,11,23H2,(H,25,27);3-5,7,9-10,15H,1-2,6,8,11,23H2,(H,25,27). The van der Waals surface area contributed by atoms with Crippen molar-refractivity contribution in [3.63, 3.8) is 0 Å². The van der Waals surface area contributed by atoms with Crippen molar-refractivity contribution < 1.29 is 55.0 Å². The summed E-state index contributed by atoms with van der Waals surface area (Å²) in [6.07, 6.45) is 5.04. The number of Topliss-reactive ketones (excluding diaryl/α,β-unsaturated/α-hetero) is 2. The van der Waals surface area contributed by atoms with E-state index in [0.29, 0.717) is 38.8 Å². The van der Waals surface area contributed by atoms with Crippen LogP contribution in [0.25, 0.3) is 0 Å². The second-order valence-electron chi connectivity index (χ2n) is 11.9. The van der Waals surface area contributed by atoms with Gasteiger partial charge in [-0.2, -0.15) is 8.78 Å². The number of nitrogens with two attached hydrogens (primary N) is 2. The average molecular weight is 791 g/mol. The van der Waals surface area contributed by atoms with Gasteiger partial charge in [0.1, 0.15) is 13.2 Å². The third-order valence-electron chi connectivity index (χ3n) is 7.83. The Morgan fingerprint density at radius 1 is 0.607 bits per heavy atom. The number of aromatic nitrogens is 2. The highest BCUT2D eigenvalue weighted by Gasteiger charge is 2.25. The number of para-hydroxylation sites is 2. The number of ketones is 2. The Balaban J connectivity index is 0.000000300. The van der Waals surface area contributed by atoms with Gasteiger partial charge < -0.3 is 31.6 Å². The number of nitrogens with one attached hydrogen (secondary N) is 2. The van der Waals surface area contributed by atoms with Crippen molar-refractivity contribution in [1.29, 1.82) is 0 Å². The largest absolute Gasteiger partial charge is 0.480 e. The molecule has 56 heavy (non-hydrogen) atoms. The van der Waals surface area contributed by atoms with E-state index in [1.165, 1.54) is 30.5 Å². The number of benzene rings is 2. The lowest BCUT2D eigenvalue weighted by atomic mass is 10.0. The predicted molar refractivity (Wildman–Crippen MR) is 190 cm³/mol. The van der Waals surface area contributed by atoms with E-state index in [2.05, 4.69) is 20.6 Å². The first kappa shape index (κ1) is 44.5. The molecule has 18 heteroatoms. The lowest BCUT2D eigenvalue weighted by molar-refractivity contribution is -0.123. The van der Waals surface area contributed by atoms with E-state index in [1.807, 2.05) is 0 Å². The summed E-state index contributed by atoms with van der Waals surface area (Å²) in [7, 11) is 0. The fraction of sp³-hybridized carbons (Fsp3) is 0.316. The number of pyridine rings is 2. The zero-order chi connectivity index (χ0) is 41.0. The van der Waals surface area contributed by atoms with Crippen LogP contribution in [0.4, 0.5) is 26.3 Å². The molecular weight excluding hydrogens is 750 g/mol. The number of hydrogen-bond acceptors (Lipinski definition) is 10. The minimum atomic E-state index is -1.03. The minimum absolute atomic E-state index is 0.00908. The van der Waals surface area contributed by atoms with Gasteiger partial charge in [-0.3, -0.25) is 19.2 Å². The van der Waals surface area contributed by atoms with Crippen molar-refractivity contribution in [1.82, 2.24) is 20.6 Å². The molecule has 12 nitrogen and oxygen atoms in total. The lowest BCUT2D eigenvalue weighted by Crippen LogP contribution is -2.43. The number of carbonyl (C=O) groups excluding carboxylic acids is 4. The van der Waals surface area contributed by atoms with Gasteiger partial charge in [0.05, 0.1) is 17.6 Å². The predicted octanol–water partition coefficient (Wildman–Crippen LogP) is 4.75. The third kappa shape index (κ3) is 14.1. The molecule has 300 valence electrons. The first-order valence-electron chi connectivity index (χ1n) is 17.3. The molecule has 0 saturated carbocycles. The van der Waals surface area contributed by atoms with Gasteiger partial charge in [-0.05, 0) is 94.1 Å². The van der Waals surface area contributed by atoms with Gasteiger partial charge in [-0.25, -0.2) is 27.5 Å². The molecule has 2 aromatic carbocycles. The Bertz CT molecular complexity index is 1900. The molecule has 2 aromatic heterocycles. The van der Waals surface area contributed by atoms with E-state index < -0.39 is 95.3 Å². The van der Waals surface area contributed by atoms with E-state index in [-0.39, 0.29) is 24.0 Å².